The molecular formula is C17H18O4. The number of hydrogen-bond acceptors (Lipinski definition) is 4. The molecule has 2 rings (SSSR count). The molecule has 0 fully saturated rings. The Morgan fingerprint density at radius 1 is 1.24 bits per heavy atom. The zero-order chi connectivity index (χ0) is 15.4. The number of phenols is 1. The molecule has 0 aliphatic heterocycles. The van der Waals surface area contributed by atoms with Gasteiger partial charge in [-0.25, -0.2) is 4.79 Å². The lowest BCUT2D eigenvalue weighted by atomic mass is 10.1. The lowest BCUT2D eigenvalue weighted by Gasteiger charge is -2.14. The van der Waals surface area contributed by atoms with Crippen LogP contribution in [0.5, 0.6) is 11.5 Å². The van der Waals surface area contributed by atoms with Crippen molar-refractivity contribution in [2.45, 2.75) is 20.0 Å². The van der Waals surface area contributed by atoms with Gasteiger partial charge in [0.25, 0.3) is 0 Å². The Bertz CT molecular complexity index is 676. The molecule has 0 aliphatic carbocycles. The third-order valence-corrected chi connectivity index (χ3v) is 2.94. The minimum absolute atomic E-state index is 0.233. The van der Waals surface area contributed by atoms with Crippen molar-refractivity contribution in [2.24, 2.45) is 0 Å². The third-order valence-electron chi connectivity index (χ3n) is 2.94. The first-order valence-corrected chi connectivity index (χ1v) is 6.68. The molecule has 0 heterocycles. The Kier molecular flexibility index (Phi) is 4.48. The Hall–Kier alpha value is -2.49. The summed E-state index contributed by atoms with van der Waals surface area (Å²) in [5, 5.41) is 11.3. The molecule has 0 aromatic heterocycles. The number of rotatable bonds is 5. The number of aromatic hydroxyl groups is 1. The van der Waals surface area contributed by atoms with Gasteiger partial charge in [0, 0.05) is 5.57 Å². The van der Waals surface area contributed by atoms with Gasteiger partial charge in [-0.3, -0.25) is 0 Å². The van der Waals surface area contributed by atoms with Crippen LogP contribution in [0.2, 0.25) is 0 Å². The molecule has 4 nitrogen and oxygen atoms in total. The summed E-state index contributed by atoms with van der Waals surface area (Å²) in [4.78, 5) is 11.4. The summed E-state index contributed by atoms with van der Waals surface area (Å²) in [7, 11) is 0. The topological polar surface area (TPSA) is 55.8 Å². The molecule has 21 heavy (non-hydrogen) atoms. The maximum Gasteiger partial charge on any atom is 0.333 e. The number of carbonyl (C=O) groups is 1. The molecule has 0 amide bonds. The standard InChI is InChI=1S/C17H18O4/c1-11(2)17(19)21-12(3)10-20-16-7-5-13-8-15(18)6-4-14(13)9-16/h4-9,12,18H,1,10H2,2-3H3. The van der Waals surface area contributed by atoms with Crippen LogP contribution in [-0.4, -0.2) is 23.8 Å². The van der Waals surface area contributed by atoms with E-state index in [1.54, 1.807) is 26.0 Å². The maximum absolute atomic E-state index is 11.4. The Balaban J connectivity index is 1.98. The van der Waals surface area contributed by atoms with Crippen LogP contribution in [0.1, 0.15) is 13.8 Å². The van der Waals surface area contributed by atoms with Crippen LogP contribution in [0, 0.1) is 0 Å². The molecule has 2 aromatic carbocycles. The van der Waals surface area contributed by atoms with Crippen molar-refractivity contribution >= 4 is 16.7 Å². The van der Waals surface area contributed by atoms with Crippen molar-refractivity contribution in [1.82, 2.24) is 0 Å². The largest absolute Gasteiger partial charge is 0.508 e. The average molecular weight is 286 g/mol. The molecule has 0 aliphatic rings. The normalized spacial score (nSPS) is 11.9. The second kappa shape index (κ2) is 6.31. The summed E-state index contributed by atoms with van der Waals surface area (Å²) in [6, 6.07) is 10.7. The van der Waals surface area contributed by atoms with Gasteiger partial charge in [0.1, 0.15) is 24.2 Å². The molecule has 1 atom stereocenters. The first-order valence-electron chi connectivity index (χ1n) is 6.68. The van der Waals surface area contributed by atoms with Crippen molar-refractivity contribution in [2.75, 3.05) is 6.61 Å². The van der Waals surface area contributed by atoms with E-state index in [4.69, 9.17) is 9.47 Å². The van der Waals surface area contributed by atoms with Gasteiger partial charge in [-0.2, -0.15) is 0 Å². The Morgan fingerprint density at radius 3 is 2.62 bits per heavy atom. The Labute approximate surface area is 123 Å². The fourth-order valence-electron chi connectivity index (χ4n) is 1.83. The van der Waals surface area contributed by atoms with E-state index in [0.29, 0.717) is 11.3 Å². The van der Waals surface area contributed by atoms with E-state index >= 15 is 0 Å². The molecule has 110 valence electrons. The van der Waals surface area contributed by atoms with Gasteiger partial charge in [-0.05, 0) is 48.9 Å². The van der Waals surface area contributed by atoms with E-state index in [2.05, 4.69) is 6.58 Å². The van der Waals surface area contributed by atoms with Gasteiger partial charge in [0.15, 0.2) is 0 Å². The van der Waals surface area contributed by atoms with Crippen LogP contribution < -0.4 is 4.74 Å². The first-order chi connectivity index (χ1) is 9.95. The molecular weight excluding hydrogens is 268 g/mol. The fourth-order valence-corrected chi connectivity index (χ4v) is 1.83. The quantitative estimate of drug-likeness (QED) is 0.676. The highest BCUT2D eigenvalue weighted by Crippen LogP contribution is 2.24. The van der Waals surface area contributed by atoms with E-state index in [1.165, 1.54) is 0 Å². The van der Waals surface area contributed by atoms with E-state index in [0.717, 1.165) is 10.8 Å². The number of esters is 1. The van der Waals surface area contributed by atoms with E-state index in [9.17, 15) is 9.90 Å². The van der Waals surface area contributed by atoms with Crippen LogP contribution in [0.3, 0.4) is 0 Å². The van der Waals surface area contributed by atoms with Crippen LogP contribution in [0.15, 0.2) is 48.6 Å². The van der Waals surface area contributed by atoms with Crippen LogP contribution in [0.4, 0.5) is 0 Å². The molecule has 4 heteroatoms. The zero-order valence-electron chi connectivity index (χ0n) is 12.1. The summed E-state index contributed by atoms with van der Waals surface area (Å²) in [5.74, 6) is 0.503. The minimum atomic E-state index is -0.417. The molecule has 0 saturated carbocycles. The average Bonchev–Trinajstić information content (AvgIpc) is 2.44. The predicted molar refractivity (Wildman–Crippen MR) is 81.5 cm³/mol. The molecule has 0 bridgehead atoms. The maximum atomic E-state index is 11.4. The van der Waals surface area contributed by atoms with Gasteiger partial charge in [0.05, 0.1) is 0 Å². The molecule has 2 aromatic rings. The molecule has 0 radical (unpaired) electrons. The molecule has 0 saturated heterocycles. The summed E-state index contributed by atoms with van der Waals surface area (Å²) < 4.78 is 10.8. The predicted octanol–water partition coefficient (Wildman–Crippen LogP) is 3.43. The lowest BCUT2D eigenvalue weighted by molar-refractivity contribution is -0.144. The lowest BCUT2D eigenvalue weighted by Crippen LogP contribution is -2.22. The highest BCUT2D eigenvalue weighted by atomic mass is 16.6. The Morgan fingerprint density at radius 2 is 1.90 bits per heavy atom. The van der Waals surface area contributed by atoms with Crippen LogP contribution in [-0.2, 0) is 9.53 Å². The van der Waals surface area contributed by atoms with Gasteiger partial charge in [-0.15, -0.1) is 0 Å². The van der Waals surface area contributed by atoms with E-state index in [-0.39, 0.29) is 18.5 Å². The number of phenolic OH excluding ortho intramolecular Hbond substituents is 1. The first kappa shape index (κ1) is 14.9. The SMILES string of the molecule is C=C(C)C(=O)OC(C)COc1ccc2cc(O)ccc2c1. The number of fused-ring (bicyclic) bond motifs is 1. The fraction of sp³-hybridized carbons (Fsp3) is 0.235. The third kappa shape index (κ3) is 3.99. The number of hydrogen-bond donors (Lipinski definition) is 1. The number of ether oxygens (including phenoxy) is 2. The molecule has 0 spiro atoms. The second-order valence-electron chi connectivity index (χ2n) is 5.00. The number of benzene rings is 2. The monoisotopic (exact) mass is 286 g/mol. The smallest absolute Gasteiger partial charge is 0.333 e. The van der Waals surface area contributed by atoms with Crippen molar-refractivity contribution in [3.8, 4) is 11.5 Å². The van der Waals surface area contributed by atoms with Gasteiger partial charge < -0.3 is 14.6 Å². The summed E-state index contributed by atoms with van der Waals surface area (Å²) in [5.41, 5.74) is 0.368. The summed E-state index contributed by atoms with van der Waals surface area (Å²) in [6.07, 6.45) is -0.357. The van der Waals surface area contributed by atoms with Crippen LogP contribution >= 0.6 is 0 Å². The summed E-state index contributed by atoms with van der Waals surface area (Å²) >= 11 is 0. The van der Waals surface area contributed by atoms with Crippen molar-refractivity contribution in [3.63, 3.8) is 0 Å². The van der Waals surface area contributed by atoms with Crippen molar-refractivity contribution in [1.29, 1.82) is 0 Å². The van der Waals surface area contributed by atoms with Crippen LogP contribution in [0.25, 0.3) is 10.8 Å². The zero-order valence-corrected chi connectivity index (χ0v) is 12.1. The summed E-state index contributed by atoms with van der Waals surface area (Å²) in [6.45, 7) is 7.17. The van der Waals surface area contributed by atoms with Crippen molar-refractivity contribution < 1.29 is 19.4 Å². The van der Waals surface area contributed by atoms with Gasteiger partial charge in [0.2, 0.25) is 0 Å². The second-order valence-corrected chi connectivity index (χ2v) is 5.00. The highest BCUT2D eigenvalue weighted by Gasteiger charge is 2.10. The highest BCUT2D eigenvalue weighted by molar-refractivity contribution is 5.87. The minimum Gasteiger partial charge on any atom is -0.508 e. The van der Waals surface area contributed by atoms with E-state index in [1.807, 2.05) is 24.3 Å². The molecule has 1 unspecified atom stereocenters. The van der Waals surface area contributed by atoms with Crippen molar-refractivity contribution in [3.05, 3.63) is 48.6 Å². The van der Waals surface area contributed by atoms with Gasteiger partial charge in [-0.1, -0.05) is 18.7 Å². The number of carbonyl (C=O) groups excluding carboxylic acids is 1. The van der Waals surface area contributed by atoms with E-state index < -0.39 is 5.97 Å². The molecule has 1 N–H and O–H groups in total. The van der Waals surface area contributed by atoms with Gasteiger partial charge >= 0.3 is 5.97 Å².